The summed E-state index contributed by atoms with van der Waals surface area (Å²) in [6.45, 7) is 9.72. The van der Waals surface area contributed by atoms with Crippen LogP contribution in [-0.2, 0) is 28.9 Å². The third-order valence-corrected chi connectivity index (χ3v) is 13.2. The second-order valence-corrected chi connectivity index (χ2v) is 16.9. The van der Waals surface area contributed by atoms with Crippen LogP contribution in [0.5, 0.6) is 11.5 Å². The fraction of sp³-hybridized carbons (Fsp3) is 0.409. The molecule has 16 nitrogen and oxygen atoms in total. The zero-order chi connectivity index (χ0) is 43.5. The van der Waals surface area contributed by atoms with Crippen molar-refractivity contribution in [2.45, 2.75) is 82.7 Å². The van der Waals surface area contributed by atoms with Gasteiger partial charge in [-0.25, -0.2) is 19.1 Å². The number of aromatic nitrogens is 5. The molecular weight excluding hydrogens is 800 g/mol. The SMILES string of the molecule is COc1ccc(C(OC[C@@]23O[C@@H](n4cc(C)c(-n5cncn5)nc4=O)[C@@H]([C@@H]2OP(OCCC#N)N(C(C)C)C(C)C)N(C)C3=O)(c2ccccc2)c2ccc(OC)cc2)cc1. The van der Waals surface area contributed by atoms with Crippen LogP contribution < -0.4 is 15.2 Å². The number of methoxy groups -OCH3 is 2. The fourth-order valence-corrected chi connectivity index (χ4v) is 10.1. The molecule has 61 heavy (non-hydrogen) atoms. The highest BCUT2D eigenvalue weighted by Gasteiger charge is 2.71. The van der Waals surface area contributed by atoms with Gasteiger partial charge >= 0.3 is 5.69 Å². The highest BCUT2D eigenvalue weighted by Crippen LogP contribution is 2.57. The number of rotatable bonds is 18. The fourth-order valence-electron chi connectivity index (χ4n) is 8.30. The molecule has 2 aliphatic heterocycles. The Bertz CT molecular complexity index is 2320. The Hall–Kier alpha value is -5.53. The van der Waals surface area contributed by atoms with E-state index in [1.54, 1.807) is 39.3 Å². The number of carbonyl (C=O) groups excluding carboxylic acids is 1. The summed E-state index contributed by atoms with van der Waals surface area (Å²) in [5.74, 6) is 1.22. The van der Waals surface area contributed by atoms with E-state index in [1.165, 1.54) is 21.9 Å². The number of carbonyl (C=O) groups is 1. The molecule has 5 atom stereocenters. The number of likely N-dealkylation sites (N-methyl/N-ethyl adjacent to an activating group) is 1. The number of likely N-dealkylation sites (tertiary alicyclic amines) is 1. The molecule has 2 saturated heterocycles. The summed E-state index contributed by atoms with van der Waals surface area (Å²) in [6.07, 6.45) is 2.50. The molecule has 7 rings (SSSR count). The number of ether oxygens (including phenoxy) is 4. The first-order valence-corrected chi connectivity index (χ1v) is 21.2. The van der Waals surface area contributed by atoms with E-state index in [0.29, 0.717) is 22.9 Å². The van der Waals surface area contributed by atoms with Crippen LogP contribution in [0.15, 0.2) is 103 Å². The zero-order valence-electron chi connectivity index (χ0n) is 35.5. The highest BCUT2D eigenvalue weighted by molar-refractivity contribution is 7.44. The average molecular weight is 851 g/mol. The summed E-state index contributed by atoms with van der Waals surface area (Å²) in [5.41, 5.74) is -0.897. The molecule has 0 saturated carbocycles. The first-order chi connectivity index (χ1) is 29.4. The molecule has 0 spiro atoms. The van der Waals surface area contributed by atoms with Crippen LogP contribution in [0.25, 0.3) is 5.82 Å². The van der Waals surface area contributed by atoms with Crippen LogP contribution >= 0.6 is 8.53 Å². The Morgan fingerprint density at radius 1 is 0.934 bits per heavy atom. The zero-order valence-corrected chi connectivity index (χ0v) is 36.4. The summed E-state index contributed by atoms with van der Waals surface area (Å²) in [6, 6.07) is 26.1. The Morgan fingerprint density at radius 3 is 2.08 bits per heavy atom. The van der Waals surface area contributed by atoms with Gasteiger partial charge in [0.05, 0.1) is 39.9 Å². The average Bonchev–Trinajstić information content (AvgIpc) is 3.96. The molecule has 5 aromatic rings. The van der Waals surface area contributed by atoms with Crippen molar-refractivity contribution in [1.29, 1.82) is 5.26 Å². The topological polar surface area (TPSA) is 168 Å². The van der Waals surface area contributed by atoms with Crippen molar-refractivity contribution in [1.82, 2.24) is 33.9 Å². The van der Waals surface area contributed by atoms with E-state index in [9.17, 15) is 10.1 Å². The predicted molar refractivity (Wildman–Crippen MR) is 226 cm³/mol. The van der Waals surface area contributed by atoms with Gasteiger partial charge in [0.1, 0.15) is 41.9 Å². The monoisotopic (exact) mass is 850 g/mol. The van der Waals surface area contributed by atoms with Crippen LogP contribution in [-0.4, -0.2) is 104 Å². The Morgan fingerprint density at radius 2 is 1.54 bits per heavy atom. The maximum Gasteiger partial charge on any atom is 0.351 e. The molecule has 0 aliphatic carbocycles. The highest BCUT2D eigenvalue weighted by atomic mass is 31.2. The number of amides is 1. The maximum absolute atomic E-state index is 15.0. The number of morpholine rings is 1. The smallest absolute Gasteiger partial charge is 0.351 e. The summed E-state index contributed by atoms with van der Waals surface area (Å²) < 4.78 is 43.9. The molecule has 2 fully saturated rings. The minimum atomic E-state index is -1.90. The Balaban J connectivity index is 1.40. The first-order valence-electron chi connectivity index (χ1n) is 20.0. The molecule has 3 aromatic carbocycles. The van der Waals surface area contributed by atoms with Crippen molar-refractivity contribution in [2.75, 3.05) is 34.5 Å². The van der Waals surface area contributed by atoms with E-state index in [1.807, 2.05) is 107 Å². The lowest BCUT2D eigenvalue weighted by atomic mass is 9.79. The van der Waals surface area contributed by atoms with E-state index in [2.05, 4.69) is 25.8 Å². The van der Waals surface area contributed by atoms with E-state index in [4.69, 9.17) is 28.0 Å². The number of aryl methyl sites for hydroxylation is 1. The minimum Gasteiger partial charge on any atom is -0.497 e. The summed E-state index contributed by atoms with van der Waals surface area (Å²) in [5, 5.41) is 13.6. The molecule has 1 unspecified atom stereocenters. The number of hydrogen-bond acceptors (Lipinski definition) is 13. The summed E-state index contributed by atoms with van der Waals surface area (Å²) >= 11 is 0. The number of benzene rings is 3. The van der Waals surface area contributed by atoms with Crippen molar-refractivity contribution in [3.63, 3.8) is 0 Å². The molecule has 1 amide bonds. The molecule has 0 N–H and O–H groups in total. The Kier molecular flexibility index (Phi) is 13.0. The van der Waals surface area contributed by atoms with Crippen molar-refractivity contribution < 1.29 is 32.8 Å². The van der Waals surface area contributed by atoms with E-state index in [0.717, 1.165) is 16.7 Å². The molecule has 2 aliphatic rings. The largest absolute Gasteiger partial charge is 0.497 e. The molecule has 320 valence electrons. The molecule has 17 heteroatoms. The molecular formula is C44H51N8O8P. The quantitative estimate of drug-likeness (QED) is 0.0579. The van der Waals surface area contributed by atoms with Gasteiger partial charge in [-0.05, 0) is 75.6 Å². The van der Waals surface area contributed by atoms with Gasteiger partial charge in [0.15, 0.2) is 12.0 Å². The Labute approximate surface area is 356 Å². The van der Waals surface area contributed by atoms with Gasteiger partial charge < -0.3 is 32.9 Å². The first kappa shape index (κ1) is 43.6. The standard InChI is InChI=1S/C44H51N8O8P/c1-29(2)52(30(3)4)61(58-24-12-23-45)60-38-37-40(50-25-31(5)39(48-42(50)54)51-28-46-27-47-51)59-43(38,41(53)49(37)6)26-57-44(32-13-10-9-11-14-32,33-15-19-35(55-7)20-16-33)34-17-21-36(56-8)22-18-34/h9-11,13-22,25,27-30,37-38,40H,12,24,26H2,1-8H3/t37-,38+,40-,43-,61?/m1/s1. The maximum atomic E-state index is 15.0. The number of nitrogens with zero attached hydrogens (tertiary/aromatic N) is 8. The number of fused-ring (bicyclic) bond motifs is 2. The van der Waals surface area contributed by atoms with Crippen molar-refractivity contribution in [3.05, 3.63) is 130 Å². The van der Waals surface area contributed by atoms with Crippen LogP contribution in [0.4, 0.5) is 0 Å². The van der Waals surface area contributed by atoms with Gasteiger partial charge in [0.25, 0.3) is 14.4 Å². The van der Waals surface area contributed by atoms with Gasteiger partial charge in [-0.15, -0.1) is 0 Å². The van der Waals surface area contributed by atoms with Crippen molar-refractivity contribution in [3.8, 4) is 23.4 Å². The lowest BCUT2D eigenvalue weighted by molar-refractivity contribution is -0.192. The molecule has 2 bridgehead atoms. The lowest BCUT2D eigenvalue weighted by Crippen LogP contribution is -2.54. The van der Waals surface area contributed by atoms with Crippen LogP contribution in [0, 0.1) is 18.3 Å². The van der Waals surface area contributed by atoms with E-state index < -0.39 is 49.7 Å². The van der Waals surface area contributed by atoms with Crippen LogP contribution in [0.2, 0.25) is 0 Å². The predicted octanol–water partition coefficient (Wildman–Crippen LogP) is 5.93. The third kappa shape index (κ3) is 8.05. The summed E-state index contributed by atoms with van der Waals surface area (Å²) in [7, 11) is 2.98. The second kappa shape index (κ2) is 18.2. The van der Waals surface area contributed by atoms with Gasteiger partial charge in [-0.1, -0.05) is 54.6 Å². The van der Waals surface area contributed by atoms with Crippen molar-refractivity contribution in [2.24, 2.45) is 0 Å². The van der Waals surface area contributed by atoms with Gasteiger partial charge in [-0.3, -0.25) is 9.36 Å². The lowest BCUT2D eigenvalue weighted by Gasteiger charge is -2.41. The molecule has 2 aromatic heterocycles. The van der Waals surface area contributed by atoms with E-state index >= 15 is 4.79 Å². The second-order valence-electron chi connectivity index (χ2n) is 15.4. The van der Waals surface area contributed by atoms with Gasteiger partial charge in [0.2, 0.25) is 5.60 Å². The van der Waals surface area contributed by atoms with Crippen molar-refractivity contribution >= 4 is 14.4 Å². The molecule has 0 radical (unpaired) electrons. The van der Waals surface area contributed by atoms with Crippen LogP contribution in [0.1, 0.15) is 62.6 Å². The van der Waals surface area contributed by atoms with E-state index in [-0.39, 0.29) is 31.7 Å². The number of hydrogen-bond donors (Lipinski definition) is 0. The van der Waals surface area contributed by atoms with Gasteiger partial charge in [0, 0.05) is 30.9 Å². The minimum absolute atomic E-state index is 0.0423. The van der Waals surface area contributed by atoms with Crippen LogP contribution in [0.3, 0.4) is 0 Å². The summed E-state index contributed by atoms with van der Waals surface area (Å²) in [4.78, 5) is 39.0. The normalized spacial score (nSPS) is 20.5. The number of nitriles is 1. The molecule has 4 heterocycles. The van der Waals surface area contributed by atoms with Gasteiger partial charge in [-0.2, -0.15) is 15.3 Å². The third-order valence-electron chi connectivity index (χ3n) is 11.1.